The van der Waals surface area contributed by atoms with Crippen molar-refractivity contribution in [2.45, 2.75) is 12.6 Å². The topological polar surface area (TPSA) is 38.3 Å². The summed E-state index contributed by atoms with van der Waals surface area (Å²) < 4.78 is 5.64. The highest BCUT2D eigenvalue weighted by atomic mass is 16.5. The molecule has 0 radical (unpaired) electrons. The molecule has 3 N–H and O–H groups in total. The predicted molar refractivity (Wildman–Crippen MR) is 94.4 cm³/mol. The van der Waals surface area contributed by atoms with Gasteiger partial charge in [-0.25, -0.2) is 0 Å². The summed E-state index contributed by atoms with van der Waals surface area (Å²) in [6.45, 7) is 6.80. The van der Waals surface area contributed by atoms with Crippen molar-refractivity contribution in [3.8, 4) is 5.75 Å². The van der Waals surface area contributed by atoms with Gasteiger partial charge in [0.1, 0.15) is 57.7 Å². The molecule has 1 fully saturated rings. The van der Waals surface area contributed by atoms with Crippen molar-refractivity contribution in [2.75, 3.05) is 39.3 Å². The van der Waals surface area contributed by atoms with Gasteiger partial charge in [-0.1, -0.05) is 48.5 Å². The zero-order chi connectivity index (χ0) is 16.6. The van der Waals surface area contributed by atoms with E-state index in [4.69, 9.17) is 4.74 Å². The minimum Gasteiger partial charge on any atom is -0.491 e. The van der Waals surface area contributed by atoms with Gasteiger partial charge in [-0.05, 0) is 12.1 Å². The van der Waals surface area contributed by atoms with Gasteiger partial charge < -0.3 is 19.6 Å². The summed E-state index contributed by atoms with van der Waals surface area (Å²) >= 11 is 0. The highest BCUT2D eigenvalue weighted by Gasteiger charge is 2.25. The fourth-order valence-electron chi connectivity index (χ4n) is 3.32. The van der Waals surface area contributed by atoms with E-state index in [2.05, 4.69) is 30.3 Å². The van der Waals surface area contributed by atoms with Gasteiger partial charge in [-0.2, -0.15) is 0 Å². The Bertz CT molecular complexity index is 583. The lowest BCUT2D eigenvalue weighted by atomic mass is 10.2. The van der Waals surface area contributed by atoms with Crippen LogP contribution in [0.1, 0.15) is 5.56 Å². The number of piperazine rings is 1. The molecule has 4 nitrogen and oxygen atoms in total. The second-order valence-electron chi connectivity index (χ2n) is 6.64. The highest BCUT2D eigenvalue weighted by Crippen LogP contribution is 2.08. The SMILES string of the molecule is O[C@H](COc1ccccc1)C[NH+]1CC[NH+](Cc2ccccc2)CC1. The number of hydrogen-bond acceptors (Lipinski definition) is 2. The first-order valence-corrected chi connectivity index (χ1v) is 8.86. The minimum absolute atomic E-state index is 0.369. The second kappa shape index (κ2) is 8.83. The van der Waals surface area contributed by atoms with E-state index >= 15 is 0 Å². The summed E-state index contributed by atoms with van der Waals surface area (Å²) in [5.41, 5.74) is 1.41. The smallest absolute Gasteiger partial charge is 0.137 e. The Morgan fingerprint density at radius 2 is 1.42 bits per heavy atom. The first-order chi connectivity index (χ1) is 11.8. The van der Waals surface area contributed by atoms with Crippen molar-refractivity contribution in [2.24, 2.45) is 0 Å². The zero-order valence-electron chi connectivity index (χ0n) is 14.2. The molecular weight excluding hydrogens is 300 g/mol. The molecule has 1 aliphatic heterocycles. The Hall–Kier alpha value is -1.88. The van der Waals surface area contributed by atoms with E-state index in [9.17, 15) is 5.11 Å². The molecule has 2 aromatic rings. The Kier molecular flexibility index (Phi) is 6.24. The minimum atomic E-state index is -0.407. The van der Waals surface area contributed by atoms with E-state index in [1.807, 2.05) is 30.3 Å². The van der Waals surface area contributed by atoms with Crippen LogP contribution in [0.5, 0.6) is 5.75 Å². The van der Waals surface area contributed by atoms with Crippen LogP contribution in [-0.4, -0.2) is 50.5 Å². The third kappa shape index (κ3) is 5.34. The van der Waals surface area contributed by atoms with E-state index in [1.165, 1.54) is 10.5 Å². The molecule has 1 aliphatic rings. The van der Waals surface area contributed by atoms with E-state index < -0.39 is 6.10 Å². The van der Waals surface area contributed by atoms with E-state index in [0.29, 0.717) is 6.61 Å². The molecule has 0 unspecified atom stereocenters. The molecule has 0 bridgehead atoms. The van der Waals surface area contributed by atoms with Gasteiger partial charge in [0, 0.05) is 5.56 Å². The maximum atomic E-state index is 10.2. The van der Waals surface area contributed by atoms with Gasteiger partial charge in [0.15, 0.2) is 0 Å². The fraction of sp³-hybridized carbons (Fsp3) is 0.400. The molecule has 0 amide bonds. The number of benzene rings is 2. The van der Waals surface area contributed by atoms with E-state index in [-0.39, 0.29) is 0 Å². The highest BCUT2D eigenvalue weighted by molar-refractivity contribution is 5.20. The van der Waals surface area contributed by atoms with Crippen LogP contribution in [-0.2, 0) is 6.54 Å². The van der Waals surface area contributed by atoms with E-state index in [1.54, 1.807) is 4.90 Å². The van der Waals surface area contributed by atoms with Gasteiger partial charge in [-0.15, -0.1) is 0 Å². The molecular formula is C20H28N2O2+2. The molecule has 0 aromatic heterocycles. The number of aliphatic hydroxyl groups is 1. The van der Waals surface area contributed by atoms with Crippen LogP contribution in [0.3, 0.4) is 0 Å². The van der Waals surface area contributed by atoms with Gasteiger partial charge >= 0.3 is 0 Å². The first-order valence-electron chi connectivity index (χ1n) is 8.86. The third-order valence-corrected chi connectivity index (χ3v) is 4.67. The molecule has 0 aliphatic carbocycles. The molecule has 0 spiro atoms. The van der Waals surface area contributed by atoms with Gasteiger partial charge in [0.05, 0.1) is 0 Å². The molecule has 1 saturated heterocycles. The first kappa shape index (κ1) is 17.0. The van der Waals surface area contributed by atoms with Crippen molar-refractivity contribution < 1.29 is 19.6 Å². The second-order valence-corrected chi connectivity index (χ2v) is 6.64. The largest absolute Gasteiger partial charge is 0.491 e. The van der Waals surface area contributed by atoms with Crippen molar-refractivity contribution in [1.82, 2.24) is 0 Å². The van der Waals surface area contributed by atoms with Crippen LogP contribution < -0.4 is 14.5 Å². The number of quaternary nitrogens is 2. The summed E-state index contributed by atoms with van der Waals surface area (Å²) in [6.07, 6.45) is -0.407. The molecule has 4 heteroatoms. The number of para-hydroxylation sites is 1. The Morgan fingerprint density at radius 3 is 2.08 bits per heavy atom. The van der Waals surface area contributed by atoms with Crippen molar-refractivity contribution in [3.63, 3.8) is 0 Å². The fourth-order valence-corrected chi connectivity index (χ4v) is 3.32. The average Bonchev–Trinajstić information content (AvgIpc) is 2.63. The molecule has 0 saturated carbocycles. The summed E-state index contributed by atoms with van der Waals surface area (Å²) in [7, 11) is 0. The number of aliphatic hydroxyl groups excluding tert-OH is 1. The van der Waals surface area contributed by atoms with Crippen molar-refractivity contribution >= 4 is 0 Å². The number of hydrogen-bond donors (Lipinski definition) is 3. The molecule has 24 heavy (non-hydrogen) atoms. The zero-order valence-corrected chi connectivity index (χ0v) is 14.2. The summed E-state index contributed by atoms with van der Waals surface area (Å²) in [5.74, 6) is 0.823. The normalized spacial score (nSPS) is 22.0. The maximum absolute atomic E-state index is 10.2. The lowest BCUT2D eigenvalue weighted by Crippen LogP contribution is -3.28. The van der Waals surface area contributed by atoms with Crippen LogP contribution in [0, 0.1) is 0 Å². The van der Waals surface area contributed by atoms with Gasteiger partial charge in [-0.3, -0.25) is 0 Å². The Balaban J connectivity index is 1.36. The lowest BCUT2D eigenvalue weighted by molar-refractivity contribution is -1.02. The van der Waals surface area contributed by atoms with Crippen molar-refractivity contribution in [1.29, 1.82) is 0 Å². The van der Waals surface area contributed by atoms with Crippen LogP contribution >= 0.6 is 0 Å². The summed E-state index contributed by atoms with van der Waals surface area (Å²) in [5, 5.41) is 10.2. The maximum Gasteiger partial charge on any atom is 0.137 e. The average molecular weight is 328 g/mol. The number of nitrogens with one attached hydrogen (secondary N) is 2. The molecule has 3 rings (SSSR count). The van der Waals surface area contributed by atoms with E-state index in [0.717, 1.165) is 45.0 Å². The Morgan fingerprint density at radius 1 is 0.833 bits per heavy atom. The van der Waals surface area contributed by atoms with Gasteiger partial charge in [0.25, 0.3) is 0 Å². The van der Waals surface area contributed by atoms with Crippen LogP contribution in [0.25, 0.3) is 0 Å². The lowest BCUT2D eigenvalue weighted by Gasteiger charge is -2.30. The standard InChI is InChI=1S/C20H26N2O2/c23-19(17-24-20-9-5-2-6-10-20)16-22-13-11-21(12-14-22)15-18-7-3-1-4-8-18/h1-10,19,23H,11-17H2/p+2/t19-/m0/s1. The predicted octanol–water partition coefficient (Wildman–Crippen LogP) is -0.590. The number of ether oxygens (including phenoxy) is 1. The number of rotatable bonds is 7. The summed E-state index contributed by atoms with van der Waals surface area (Å²) in [6, 6.07) is 20.4. The molecule has 2 aromatic carbocycles. The molecule has 1 atom stereocenters. The van der Waals surface area contributed by atoms with Crippen LogP contribution in [0.15, 0.2) is 60.7 Å². The summed E-state index contributed by atoms with van der Waals surface area (Å²) in [4.78, 5) is 3.12. The van der Waals surface area contributed by atoms with Crippen molar-refractivity contribution in [3.05, 3.63) is 66.2 Å². The van der Waals surface area contributed by atoms with Crippen LogP contribution in [0.2, 0.25) is 0 Å². The molecule has 128 valence electrons. The van der Waals surface area contributed by atoms with Gasteiger partial charge in [0.2, 0.25) is 0 Å². The third-order valence-electron chi connectivity index (χ3n) is 4.67. The quantitative estimate of drug-likeness (QED) is 0.636. The molecule has 1 heterocycles. The monoisotopic (exact) mass is 328 g/mol. The Labute approximate surface area is 144 Å². The van der Waals surface area contributed by atoms with Crippen LogP contribution in [0.4, 0.5) is 0 Å².